The first-order valence-corrected chi connectivity index (χ1v) is 4.68. The van der Waals surface area contributed by atoms with Gasteiger partial charge in [0.15, 0.2) is 0 Å². The Bertz CT molecular complexity index is 262. The van der Waals surface area contributed by atoms with E-state index in [2.05, 4.69) is 24.6 Å². The van der Waals surface area contributed by atoms with Crippen LogP contribution in [-0.2, 0) is 11.3 Å². The number of nitrogens with one attached hydrogen (secondary N) is 1. The van der Waals surface area contributed by atoms with Crippen molar-refractivity contribution in [2.24, 2.45) is 0 Å². The summed E-state index contributed by atoms with van der Waals surface area (Å²) in [5.74, 6) is -0.0683. The zero-order valence-corrected chi connectivity index (χ0v) is 9.16. The summed E-state index contributed by atoms with van der Waals surface area (Å²) in [7, 11) is 0. The smallest absolute Gasteiger partial charge is 0.250 e. The summed E-state index contributed by atoms with van der Waals surface area (Å²) in [4.78, 5) is 10.8. The van der Waals surface area contributed by atoms with E-state index in [0.29, 0.717) is 0 Å². The van der Waals surface area contributed by atoms with Gasteiger partial charge in [0.2, 0.25) is 5.91 Å². The fourth-order valence-electron chi connectivity index (χ4n) is 0.602. The molecule has 1 heterocycles. The molecule has 0 saturated heterocycles. The Kier molecular flexibility index (Phi) is 3.31. The van der Waals surface area contributed by atoms with E-state index in [-0.39, 0.29) is 12.5 Å². The molecule has 1 amide bonds. The van der Waals surface area contributed by atoms with E-state index in [1.807, 2.05) is 0 Å². The summed E-state index contributed by atoms with van der Waals surface area (Å²) in [5.41, 5.74) is 0. The van der Waals surface area contributed by atoms with Crippen LogP contribution in [0.15, 0.2) is 16.9 Å². The number of rotatable bonds is 2. The molecule has 0 aliphatic rings. The Morgan fingerprint density at radius 2 is 2.64 bits per heavy atom. The van der Waals surface area contributed by atoms with Crippen LogP contribution in [0.1, 0.15) is 0 Å². The van der Waals surface area contributed by atoms with Crippen LogP contribution in [0.2, 0.25) is 0 Å². The molecule has 0 radical (unpaired) electrons. The van der Waals surface area contributed by atoms with Crippen LogP contribution < -0.4 is 3.53 Å². The van der Waals surface area contributed by atoms with Crippen molar-refractivity contribution in [1.82, 2.24) is 13.3 Å². The van der Waals surface area contributed by atoms with Gasteiger partial charge in [-0.05, 0) is 22.0 Å². The number of hydrogen-bond acceptors (Lipinski definition) is 2. The molecular formula is C5H5BrIN3O. The number of carbonyl (C=O) groups is 1. The van der Waals surface area contributed by atoms with Gasteiger partial charge >= 0.3 is 0 Å². The van der Waals surface area contributed by atoms with E-state index in [9.17, 15) is 4.79 Å². The maximum atomic E-state index is 10.8. The van der Waals surface area contributed by atoms with Gasteiger partial charge in [0.25, 0.3) is 0 Å². The predicted molar refractivity (Wildman–Crippen MR) is 52.1 cm³/mol. The average molecular weight is 330 g/mol. The third-order valence-corrected chi connectivity index (χ3v) is 2.04. The van der Waals surface area contributed by atoms with Crippen LogP contribution in [0.3, 0.4) is 0 Å². The van der Waals surface area contributed by atoms with Crippen molar-refractivity contribution in [3.63, 3.8) is 0 Å². The van der Waals surface area contributed by atoms with E-state index in [0.717, 1.165) is 4.60 Å². The molecule has 6 heteroatoms. The first kappa shape index (κ1) is 8.98. The fraction of sp³-hybridized carbons (Fsp3) is 0.200. The van der Waals surface area contributed by atoms with Crippen LogP contribution in [0.4, 0.5) is 0 Å². The lowest BCUT2D eigenvalue weighted by Crippen LogP contribution is -2.19. The molecule has 0 spiro atoms. The van der Waals surface area contributed by atoms with E-state index in [4.69, 9.17) is 0 Å². The molecule has 1 N–H and O–H groups in total. The van der Waals surface area contributed by atoms with Crippen LogP contribution in [-0.4, -0.2) is 15.7 Å². The Hall–Kier alpha value is -0.110. The van der Waals surface area contributed by atoms with Crippen LogP contribution in [0, 0.1) is 0 Å². The summed E-state index contributed by atoms with van der Waals surface area (Å²) >= 11 is 4.97. The second-order valence-electron chi connectivity index (χ2n) is 1.85. The average Bonchev–Trinajstić information content (AvgIpc) is 2.35. The van der Waals surface area contributed by atoms with Crippen molar-refractivity contribution in [3.8, 4) is 0 Å². The van der Waals surface area contributed by atoms with Gasteiger partial charge in [-0.2, -0.15) is 5.10 Å². The first-order chi connectivity index (χ1) is 5.22. The van der Waals surface area contributed by atoms with Crippen molar-refractivity contribution < 1.29 is 4.79 Å². The number of carbonyl (C=O) groups excluding carboxylic acids is 1. The standard InChI is InChI=1S/C5H5BrIN3O/c6-4-1-2-10(9-4)3-5(11)8-7/h1-2H,3H2,(H,8,11). The highest BCUT2D eigenvalue weighted by atomic mass is 127. The largest absolute Gasteiger partial charge is 0.297 e. The summed E-state index contributed by atoms with van der Waals surface area (Å²) in [5, 5.41) is 3.97. The maximum Gasteiger partial charge on any atom is 0.250 e. The van der Waals surface area contributed by atoms with Gasteiger partial charge < -0.3 is 0 Å². The molecular weight excluding hydrogens is 325 g/mol. The normalized spacial score (nSPS) is 9.64. The highest BCUT2D eigenvalue weighted by molar-refractivity contribution is 14.1. The van der Waals surface area contributed by atoms with E-state index in [1.165, 1.54) is 0 Å². The third kappa shape index (κ3) is 2.78. The molecule has 0 bridgehead atoms. The number of nitrogens with zero attached hydrogens (tertiary/aromatic N) is 2. The molecule has 0 saturated carbocycles. The van der Waals surface area contributed by atoms with Gasteiger partial charge in [0.05, 0.1) is 22.9 Å². The molecule has 0 atom stereocenters. The zero-order chi connectivity index (χ0) is 8.27. The molecule has 1 rings (SSSR count). The van der Waals surface area contributed by atoms with Gasteiger partial charge in [-0.3, -0.25) is 13.0 Å². The predicted octanol–water partition coefficient (Wildman–Crippen LogP) is 1.11. The minimum Gasteiger partial charge on any atom is -0.297 e. The number of hydrogen-bond donors (Lipinski definition) is 1. The zero-order valence-electron chi connectivity index (χ0n) is 5.42. The molecule has 1 aromatic heterocycles. The summed E-state index contributed by atoms with van der Waals surface area (Å²) in [6.07, 6.45) is 1.73. The highest BCUT2D eigenvalue weighted by Gasteiger charge is 2.00. The number of halogens is 2. The third-order valence-electron chi connectivity index (χ3n) is 1.02. The van der Waals surface area contributed by atoms with Crippen molar-refractivity contribution in [1.29, 1.82) is 0 Å². The van der Waals surface area contributed by atoms with Crippen LogP contribution >= 0.6 is 38.8 Å². The maximum absolute atomic E-state index is 10.8. The minimum atomic E-state index is -0.0683. The number of aromatic nitrogens is 2. The Balaban J connectivity index is 2.57. The molecule has 60 valence electrons. The molecule has 0 aliphatic carbocycles. The van der Waals surface area contributed by atoms with Crippen molar-refractivity contribution in [2.75, 3.05) is 0 Å². The molecule has 11 heavy (non-hydrogen) atoms. The van der Waals surface area contributed by atoms with E-state index >= 15 is 0 Å². The number of amides is 1. The van der Waals surface area contributed by atoms with Crippen molar-refractivity contribution in [2.45, 2.75) is 6.54 Å². The SMILES string of the molecule is O=C(Cn1ccc(Br)n1)NI. The van der Waals surface area contributed by atoms with Crippen LogP contribution in [0.25, 0.3) is 0 Å². The summed E-state index contributed by atoms with van der Waals surface area (Å²) in [6.45, 7) is 0.258. The van der Waals surface area contributed by atoms with Crippen LogP contribution in [0.5, 0.6) is 0 Å². The second-order valence-corrected chi connectivity index (χ2v) is 3.21. The van der Waals surface area contributed by atoms with Gasteiger partial charge in [-0.1, -0.05) is 0 Å². The van der Waals surface area contributed by atoms with Crippen molar-refractivity contribution in [3.05, 3.63) is 16.9 Å². The van der Waals surface area contributed by atoms with Gasteiger partial charge in [-0.15, -0.1) is 0 Å². The van der Waals surface area contributed by atoms with Gasteiger partial charge in [-0.25, -0.2) is 0 Å². The van der Waals surface area contributed by atoms with E-state index < -0.39 is 0 Å². The Morgan fingerprint density at radius 1 is 1.91 bits per heavy atom. The summed E-state index contributed by atoms with van der Waals surface area (Å²) < 4.78 is 4.77. The van der Waals surface area contributed by atoms with E-state index in [1.54, 1.807) is 39.8 Å². The quantitative estimate of drug-likeness (QED) is 0.652. The molecule has 0 aliphatic heterocycles. The first-order valence-electron chi connectivity index (χ1n) is 2.81. The Labute approximate surface area is 86.0 Å². The lowest BCUT2D eigenvalue weighted by atomic mass is 10.6. The second kappa shape index (κ2) is 4.05. The molecule has 1 aromatic rings. The molecule has 4 nitrogen and oxygen atoms in total. The van der Waals surface area contributed by atoms with Gasteiger partial charge in [0.1, 0.15) is 11.1 Å². The molecule has 0 unspecified atom stereocenters. The topological polar surface area (TPSA) is 46.9 Å². The lowest BCUT2D eigenvalue weighted by Gasteiger charge is -1.96. The highest BCUT2D eigenvalue weighted by Crippen LogP contribution is 2.03. The van der Waals surface area contributed by atoms with Gasteiger partial charge in [0, 0.05) is 6.20 Å². The molecule has 0 fully saturated rings. The monoisotopic (exact) mass is 329 g/mol. The summed E-state index contributed by atoms with van der Waals surface area (Å²) in [6, 6.07) is 1.78. The lowest BCUT2D eigenvalue weighted by molar-refractivity contribution is -0.119. The Morgan fingerprint density at radius 3 is 3.09 bits per heavy atom. The van der Waals surface area contributed by atoms with Crippen molar-refractivity contribution >= 4 is 44.7 Å². The minimum absolute atomic E-state index is 0.0683. The molecule has 0 aromatic carbocycles. The fourth-order valence-corrected chi connectivity index (χ4v) is 1.09.